The molecule has 7 nitrogen and oxygen atoms in total. The Morgan fingerprint density at radius 1 is 1.25 bits per heavy atom. The number of likely N-dealkylation sites (N-methyl/N-ethyl adjacent to an activating group) is 1. The zero-order chi connectivity index (χ0) is 29.2. The van der Waals surface area contributed by atoms with Gasteiger partial charge in [0.05, 0.1) is 11.5 Å². The van der Waals surface area contributed by atoms with Crippen LogP contribution in [0.1, 0.15) is 67.4 Å². The predicted octanol–water partition coefficient (Wildman–Crippen LogP) is 6.59. The Bertz CT molecular complexity index is 1250. The van der Waals surface area contributed by atoms with Gasteiger partial charge in [0.15, 0.2) is 12.0 Å². The van der Waals surface area contributed by atoms with Gasteiger partial charge in [-0.15, -0.1) is 0 Å². The summed E-state index contributed by atoms with van der Waals surface area (Å²) in [7, 11) is 1.97. The van der Waals surface area contributed by atoms with E-state index in [1.54, 1.807) is 6.08 Å². The molecule has 214 valence electrons. The van der Waals surface area contributed by atoms with Crippen LogP contribution in [0.4, 0.5) is 0 Å². The lowest BCUT2D eigenvalue weighted by atomic mass is 9.86. The molecule has 1 atom stereocenters. The first-order valence-electron chi connectivity index (χ1n) is 13.9. The van der Waals surface area contributed by atoms with E-state index in [0.29, 0.717) is 25.1 Å². The van der Waals surface area contributed by atoms with Crippen LogP contribution in [-0.2, 0) is 10.5 Å². The van der Waals surface area contributed by atoms with Crippen molar-refractivity contribution < 1.29 is 19.6 Å². The molecule has 2 aliphatic carbocycles. The first-order valence-corrected chi connectivity index (χ1v) is 13.9. The largest absolute Gasteiger partial charge is 0.396 e. The van der Waals surface area contributed by atoms with Gasteiger partial charge >= 0.3 is 0 Å². The first-order chi connectivity index (χ1) is 19.2. The molecule has 1 fully saturated rings. The highest BCUT2D eigenvalue weighted by Gasteiger charge is 2.48. The van der Waals surface area contributed by atoms with E-state index in [4.69, 9.17) is 4.74 Å². The van der Waals surface area contributed by atoms with Gasteiger partial charge in [-0.05, 0) is 76.5 Å². The fourth-order valence-electron chi connectivity index (χ4n) is 5.25. The lowest BCUT2D eigenvalue weighted by Gasteiger charge is -2.45. The Morgan fingerprint density at radius 3 is 2.67 bits per heavy atom. The van der Waals surface area contributed by atoms with Crippen LogP contribution >= 0.6 is 0 Å². The number of aldehydes is 1. The highest BCUT2D eigenvalue weighted by atomic mass is 16.6. The van der Waals surface area contributed by atoms with Crippen LogP contribution in [0, 0.1) is 22.5 Å². The average molecular weight is 547 g/mol. The molecule has 2 aliphatic rings. The number of ether oxygens (including phenoxy) is 1. The van der Waals surface area contributed by atoms with E-state index < -0.39 is 10.6 Å². The second-order valence-electron chi connectivity index (χ2n) is 10.9. The van der Waals surface area contributed by atoms with E-state index in [1.165, 1.54) is 6.08 Å². The normalized spacial score (nSPS) is 18.5. The van der Waals surface area contributed by atoms with E-state index in [0.717, 1.165) is 66.0 Å². The molecule has 0 heterocycles. The van der Waals surface area contributed by atoms with Crippen molar-refractivity contribution in [1.82, 2.24) is 4.90 Å². The Hall–Kier alpha value is -3.39. The van der Waals surface area contributed by atoms with E-state index in [1.807, 2.05) is 51.2 Å². The molecule has 0 radical (unpaired) electrons. The van der Waals surface area contributed by atoms with Crippen molar-refractivity contribution in [3.05, 3.63) is 117 Å². The van der Waals surface area contributed by atoms with Crippen LogP contribution in [0.15, 0.2) is 89.7 Å². The van der Waals surface area contributed by atoms with Crippen molar-refractivity contribution in [3.8, 4) is 0 Å². The summed E-state index contributed by atoms with van der Waals surface area (Å²) in [5.74, 6) is 0. The predicted molar refractivity (Wildman–Crippen MR) is 159 cm³/mol. The number of aryl methyl sites for hydroxylation is 1. The van der Waals surface area contributed by atoms with Crippen LogP contribution in [0.25, 0.3) is 0 Å². The second kappa shape index (κ2) is 14.3. The number of nitro groups is 1. The van der Waals surface area contributed by atoms with E-state index >= 15 is 0 Å². The van der Waals surface area contributed by atoms with Crippen molar-refractivity contribution in [1.29, 1.82) is 0 Å². The summed E-state index contributed by atoms with van der Waals surface area (Å²) in [4.78, 5) is 25.0. The van der Waals surface area contributed by atoms with E-state index in [2.05, 4.69) is 36.1 Å². The van der Waals surface area contributed by atoms with Crippen molar-refractivity contribution >= 4 is 6.29 Å². The van der Waals surface area contributed by atoms with Crippen LogP contribution in [0.2, 0.25) is 0 Å². The van der Waals surface area contributed by atoms with Gasteiger partial charge in [-0.2, -0.15) is 0 Å². The lowest BCUT2D eigenvalue weighted by molar-refractivity contribution is -0.402. The third-order valence-corrected chi connectivity index (χ3v) is 7.66. The van der Waals surface area contributed by atoms with Gasteiger partial charge in [-0.1, -0.05) is 71.9 Å². The molecule has 1 unspecified atom stereocenters. The third kappa shape index (κ3) is 7.84. The smallest absolute Gasteiger partial charge is 0.234 e. The Labute approximate surface area is 238 Å². The minimum absolute atomic E-state index is 0.000400. The maximum atomic E-state index is 12.5. The lowest BCUT2D eigenvalue weighted by Crippen LogP contribution is -2.49. The van der Waals surface area contributed by atoms with Crippen LogP contribution in [0.3, 0.4) is 0 Å². The zero-order valence-corrected chi connectivity index (χ0v) is 24.1. The molecule has 1 aromatic carbocycles. The van der Waals surface area contributed by atoms with Crippen LogP contribution < -0.4 is 0 Å². The summed E-state index contributed by atoms with van der Waals surface area (Å²) in [6.07, 6.45) is 21.6. The highest BCUT2D eigenvalue weighted by molar-refractivity contribution is 5.78. The summed E-state index contributed by atoms with van der Waals surface area (Å²) in [5, 5.41) is 20.4. The maximum Gasteiger partial charge on any atom is 0.234 e. The quantitative estimate of drug-likeness (QED) is 0.0877. The molecule has 0 spiro atoms. The number of aliphatic hydroxyl groups excluding tert-OH is 1. The van der Waals surface area contributed by atoms with Gasteiger partial charge < -0.3 is 9.84 Å². The summed E-state index contributed by atoms with van der Waals surface area (Å²) in [5.41, 5.74) is 4.13. The number of nitrogens with zero attached hydrogens (tertiary/aromatic N) is 2. The van der Waals surface area contributed by atoms with Gasteiger partial charge in [0.25, 0.3) is 0 Å². The Balaban J connectivity index is 2.21. The van der Waals surface area contributed by atoms with Gasteiger partial charge in [-0.25, -0.2) is 0 Å². The molecule has 0 bridgehead atoms. The molecule has 1 aromatic rings. The molecule has 1 saturated carbocycles. The SMILES string of the molecule is C\C=C/C(=C\C=C\[N+](=O)[O-])CN(C)C(OCC1(CCCO)CC1)(C1=CCC=C(C)C=C1)c1cc(C)ccc1C=O. The molecule has 0 aromatic heterocycles. The van der Waals surface area contributed by atoms with Crippen molar-refractivity contribution in [3.63, 3.8) is 0 Å². The topological polar surface area (TPSA) is 92.9 Å². The van der Waals surface area contributed by atoms with Crippen LogP contribution in [-0.4, -0.2) is 48.0 Å². The second-order valence-corrected chi connectivity index (χ2v) is 10.9. The number of hydrogen-bond acceptors (Lipinski definition) is 6. The molecule has 0 amide bonds. The van der Waals surface area contributed by atoms with E-state index in [-0.39, 0.29) is 12.0 Å². The number of benzene rings is 1. The van der Waals surface area contributed by atoms with E-state index in [9.17, 15) is 20.0 Å². The fraction of sp³-hybridized carbons (Fsp3) is 0.424. The minimum atomic E-state index is -1.11. The number of allylic oxidation sites excluding steroid dienone is 7. The molecule has 1 N–H and O–H groups in total. The van der Waals surface area contributed by atoms with Gasteiger partial charge in [0.1, 0.15) is 0 Å². The molecule has 7 heteroatoms. The highest BCUT2D eigenvalue weighted by Crippen LogP contribution is 2.52. The third-order valence-electron chi connectivity index (χ3n) is 7.66. The summed E-state index contributed by atoms with van der Waals surface area (Å²) in [6, 6.07) is 5.80. The van der Waals surface area contributed by atoms with Crippen LogP contribution in [0.5, 0.6) is 0 Å². The van der Waals surface area contributed by atoms with Gasteiger partial charge in [0, 0.05) is 30.4 Å². The number of aliphatic hydroxyl groups is 1. The average Bonchev–Trinajstić information content (AvgIpc) is 3.73. The molecule has 3 rings (SSSR count). The standard InChI is InChI=1S/C33H42N2O5/c1-5-9-28(11-7-20-35(38)39)23-34(4)33(30-12-6-10-26(2)14-16-30,31-22-27(3)13-15-29(31)24-37)40-25-32(18-19-32)17-8-21-36/h5,7,9-16,20,22,24,36H,6,8,17-19,21,23,25H2,1-4H3/b9-5-,20-7+,28-11+. The number of carbonyl (C=O) groups is 1. The number of hydrogen-bond donors (Lipinski definition) is 1. The zero-order valence-electron chi connectivity index (χ0n) is 24.1. The fourth-order valence-corrected chi connectivity index (χ4v) is 5.25. The monoisotopic (exact) mass is 546 g/mol. The summed E-state index contributed by atoms with van der Waals surface area (Å²) >= 11 is 0. The minimum Gasteiger partial charge on any atom is -0.396 e. The number of carbonyl (C=O) groups excluding carboxylic acids is 1. The summed E-state index contributed by atoms with van der Waals surface area (Å²) in [6.45, 7) is 7.00. The van der Waals surface area contributed by atoms with Gasteiger partial charge in [-0.3, -0.25) is 19.8 Å². The first kappa shape index (κ1) is 31.1. The van der Waals surface area contributed by atoms with Crippen molar-refractivity contribution in [2.24, 2.45) is 5.41 Å². The Kier molecular flexibility index (Phi) is 11.1. The maximum absolute atomic E-state index is 12.5. The molecule has 0 saturated heterocycles. The summed E-state index contributed by atoms with van der Waals surface area (Å²) < 4.78 is 7.12. The molecule has 40 heavy (non-hydrogen) atoms. The molecular formula is C33H42N2O5. The van der Waals surface area contributed by atoms with Crippen molar-refractivity contribution in [2.75, 3.05) is 26.8 Å². The molecular weight excluding hydrogens is 504 g/mol. The van der Waals surface area contributed by atoms with Gasteiger partial charge in [0.2, 0.25) is 6.20 Å². The van der Waals surface area contributed by atoms with Crippen molar-refractivity contribution in [2.45, 2.75) is 58.6 Å². The number of rotatable bonds is 15. The Morgan fingerprint density at radius 2 is 2.02 bits per heavy atom. The molecule has 0 aliphatic heterocycles.